The number of amides is 2. The van der Waals surface area contributed by atoms with Crippen LogP contribution in [0.25, 0.3) is 0 Å². The van der Waals surface area contributed by atoms with Crippen LogP contribution in [0, 0.1) is 0 Å². The summed E-state index contributed by atoms with van der Waals surface area (Å²) in [6.45, 7) is 1.31. The topological polar surface area (TPSA) is 62.5 Å². The molecule has 0 bridgehead atoms. The zero-order valence-corrected chi connectivity index (χ0v) is 14.3. The molecule has 25 heavy (non-hydrogen) atoms. The lowest BCUT2D eigenvalue weighted by Crippen LogP contribution is -2.53. The number of hydrazine groups is 1. The van der Waals surface area contributed by atoms with Crippen LogP contribution >= 0.6 is 0 Å². The van der Waals surface area contributed by atoms with Gasteiger partial charge in [0.25, 0.3) is 0 Å². The van der Waals surface area contributed by atoms with Crippen molar-refractivity contribution in [3.63, 3.8) is 0 Å². The molecule has 1 aliphatic heterocycles. The Labute approximate surface area is 148 Å². The highest BCUT2D eigenvalue weighted by Crippen LogP contribution is 2.43. The van der Waals surface area contributed by atoms with E-state index in [9.17, 15) is 4.79 Å². The van der Waals surface area contributed by atoms with Crippen molar-refractivity contribution in [2.45, 2.75) is 43.7 Å². The fourth-order valence-corrected chi connectivity index (χ4v) is 4.30. The van der Waals surface area contributed by atoms with E-state index in [2.05, 4.69) is 35.3 Å². The van der Waals surface area contributed by atoms with Gasteiger partial charge in [-0.3, -0.25) is 9.99 Å². The third-order valence-corrected chi connectivity index (χ3v) is 5.78. The maximum absolute atomic E-state index is 12.6. The predicted molar refractivity (Wildman–Crippen MR) is 96.5 cm³/mol. The maximum atomic E-state index is 12.6. The van der Waals surface area contributed by atoms with Gasteiger partial charge >= 0.3 is 6.03 Å². The zero-order valence-electron chi connectivity index (χ0n) is 14.3. The van der Waals surface area contributed by atoms with Crippen molar-refractivity contribution < 1.29 is 4.79 Å². The molecule has 1 saturated carbocycles. The standard InChI is InChI=1S/C20H24N4O/c21-24-19(25)23(14-16-8-12-22-13-9-16)15-20(24)10-6-18(7-11-20)17-4-2-1-3-5-17/h1-5,8-9,12-13,18H,6-7,10-11,14-15,21H2. The van der Waals surface area contributed by atoms with Crippen molar-refractivity contribution in [2.24, 2.45) is 5.84 Å². The Kier molecular flexibility index (Phi) is 4.17. The number of nitrogens with two attached hydrogens (primary N) is 1. The van der Waals surface area contributed by atoms with E-state index in [4.69, 9.17) is 5.84 Å². The van der Waals surface area contributed by atoms with Gasteiger partial charge in [-0.15, -0.1) is 0 Å². The van der Waals surface area contributed by atoms with Crippen molar-refractivity contribution in [1.82, 2.24) is 14.9 Å². The lowest BCUT2D eigenvalue weighted by atomic mass is 9.74. The van der Waals surface area contributed by atoms with Crippen molar-refractivity contribution in [2.75, 3.05) is 6.54 Å². The Bertz CT molecular complexity index is 726. The number of nitrogens with zero attached hydrogens (tertiary/aromatic N) is 3. The third-order valence-electron chi connectivity index (χ3n) is 5.78. The molecule has 2 N–H and O–H groups in total. The number of aromatic nitrogens is 1. The number of rotatable bonds is 3. The van der Waals surface area contributed by atoms with E-state index in [0.717, 1.165) is 31.2 Å². The Morgan fingerprint density at radius 2 is 1.76 bits per heavy atom. The molecule has 4 rings (SSSR count). The monoisotopic (exact) mass is 336 g/mol. The van der Waals surface area contributed by atoms with E-state index in [1.807, 2.05) is 17.0 Å². The molecule has 1 saturated heterocycles. The molecule has 130 valence electrons. The molecule has 0 unspecified atom stereocenters. The first kappa shape index (κ1) is 16.1. The van der Waals surface area contributed by atoms with Crippen LogP contribution in [0.1, 0.15) is 42.7 Å². The lowest BCUT2D eigenvalue weighted by Gasteiger charge is -2.40. The molecule has 2 heterocycles. The highest BCUT2D eigenvalue weighted by Gasteiger charge is 2.50. The zero-order chi connectivity index (χ0) is 17.3. The lowest BCUT2D eigenvalue weighted by molar-refractivity contribution is 0.113. The van der Waals surface area contributed by atoms with Gasteiger partial charge in [0.1, 0.15) is 0 Å². The van der Waals surface area contributed by atoms with Gasteiger partial charge in [0, 0.05) is 25.5 Å². The fourth-order valence-electron chi connectivity index (χ4n) is 4.30. The molecule has 5 heteroatoms. The first-order chi connectivity index (χ1) is 12.2. The van der Waals surface area contributed by atoms with E-state index in [0.29, 0.717) is 19.0 Å². The normalized spacial score (nSPS) is 26.4. The Morgan fingerprint density at radius 3 is 2.44 bits per heavy atom. The number of benzene rings is 1. The van der Waals surface area contributed by atoms with Crippen LogP contribution in [0.3, 0.4) is 0 Å². The minimum atomic E-state index is -0.213. The smallest absolute Gasteiger partial charge is 0.317 e. The molecule has 2 fully saturated rings. The van der Waals surface area contributed by atoms with Crippen molar-refractivity contribution in [3.8, 4) is 0 Å². The van der Waals surface area contributed by atoms with Gasteiger partial charge in [-0.1, -0.05) is 30.3 Å². The summed E-state index contributed by atoms with van der Waals surface area (Å²) in [4.78, 5) is 18.6. The van der Waals surface area contributed by atoms with Crippen molar-refractivity contribution >= 4 is 6.03 Å². The first-order valence-corrected chi connectivity index (χ1v) is 8.96. The van der Waals surface area contributed by atoms with Crippen LogP contribution in [0.15, 0.2) is 54.9 Å². The van der Waals surface area contributed by atoms with Crippen LogP contribution in [0.5, 0.6) is 0 Å². The van der Waals surface area contributed by atoms with Gasteiger partial charge in [0.05, 0.1) is 5.54 Å². The number of carbonyl (C=O) groups excluding carboxylic acids is 1. The summed E-state index contributed by atoms with van der Waals surface area (Å²) >= 11 is 0. The molecule has 2 aromatic rings. The average molecular weight is 336 g/mol. The fraction of sp³-hybridized carbons (Fsp3) is 0.400. The van der Waals surface area contributed by atoms with Gasteiger partial charge in [-0.05, 0) is 54.9 Å². The number of pyridine rings is 1. The van der Waals surface area contributed by atoms with Crippen LogP contribution in [-0.2, 0) is 6.54 Å². The summed E-state index contributed by atoms with van der Waals surface area (Å²) in [5, 5.41) is 1.51. The minimum absolute atomic E-state index is 0.0602. The number of urea groups is 1. The molecule has 1 spiro atoms. The van der Waals surface area contributed by atoms with Crippen molar-refractivity contribution in [1.29, 1.82) is 0 Å². The second kappa shape index (κ2) is 6.48. The van der Waals surface area contributed by atoms with Crippen LogP contribution < -0.4 is 5.84 Å². The van der Waals surface area contributed by atoms with E-state index >= 15 is 0 Å². The number of hydrogen-bond acceptors (Lipinski definition) is 3. The molecule has 0 atom stereocenters. The van der Waals surface area contributed by atoms with Crippen LogP contribution in [-0.4, -0.2) is 33.0 Å². The summed E-state index contributed by atoms with van der Waals surface area (Å²) in [6.07, 6.45) is 7.60. The molecular weight excluding hydrogens is 312 g/mol. The Balaban J connectivity index is 1.45. The van der Waals surface area contributed by atoms with Gasteiger partial charge in [-0.2, -0.15) is 0 Å². The largest absolute Gasteiger partial charge is 0.335 e. The second-order valence-corrected chi connectivity index (χ2v) is 7.27. The Morgan fingerprint density at radius 1 is 1.08 bits per heavy atom. The second-order valence-electron chi connectivity index (χ2n) is 7.27. The molecule has 2 amide bonds. The van der Waals surface area contributed by atoms with Crippen LogP contribution in [0.4, 0.5) is 4.79 Å². The first-order valence-electron chi connectivity index (χ1n) is 8.96. The minimum Gasteiger partial charge on any atom is -0.317 e. The summed E-state index contributed by atoms with van der Waals surface area (Å²) in [6, 6.07) is 14.5. The SMILES string of the molecule is NN1C(=O)N(Cc2ccncc2)CC12CCC(c1ccccc1)CC2. The predicted octanol–water partition coefficient (Wildman–Crippen LogP) is 3.29. The summed E-state index contributed by atoms with van der Waals surface area (Å²) in [5.74, 6) is 6.82. The highest BCUT2D eigenvalue weighted by molar-refractivity contribution is 5.77. The maximum Gasteiger partial charge on any atom is 0.335 e. The third kappa shape index (κ3) is 3.00. The van der Waals surface area contributed by atoms with E-state index in [1.54, 1.807) is 12.4 Å². The molecule has 5 nitrogen and oxygen atoms in total. The molecular formula is C20H24N4O. The molecule has 2 aliphatic rings. The highest BCUT2D eigenvalue weighted by atomic mass is 16.2. The quantitative estimate of drug-likeness (QED) is 0.691. The summed E-state index contributed by atoms with van der Waals surface area (Å²) in [5.41, 5.74) is 2.28. The molecule has 1 aromatic carbocycles. The van der Waals surface area contributed by atoms with Gasteiger partial charge in [0.2, 0.25) is 0 Å². The van der Waals surface area contributed by atoms with Gasteiger partial charge in [-0.25, -0.2) is 10.6 Å². The van der Waals surface area contributed by atoms with Gasteiger partial charge < -0.3 is 4.90 Å². The number of hydrogen-bond donors (Lipinski definition) is 1. The van der Waals surface area contributed by atoms with Crippen molar-refractivity contribution in [3.05, 3.63) is 66.0 Å². The molecule has 0 radical (unpaired) electrons. The van der Waals surface area contributed by atoms with E-state index in [-0.39, 0.29) is 11.6 Å². The molecule has 1 aromatic heterocycles. The number of carbonyl (C=O) groups is 1. The summed E-state index contributed by atoms with van der Waals surface area (Å²) < 4.78 is 0. The summed E-state index contributed by atoms with van der Waals surface area (Å²) in [7, 11) is 0. The van der Waals surface area contributed by atoms with E-state index < -0.39 is 0 Å². The van der Waals surface area contributed by atoms with E-state index in [1.165, 1.54) is 10.6 Å². The van der Waals surface area contributed by atoms with Crippen LogP contribution in [0.2, 0.25) is 0 Å². The van der Waals surface area contributed by atoms with Gasteiger partial charge in [0.15, 0.2) is 0 Å². The Hall–Kier alpha value is -2.40. The average Bonchev–Trinajstić information content (AvgIpc) is 2.89. The molecule has 1 aliphatic carbocycles.